The number of hydrogen-bond acceptors (Lipinski definition) is 6. The molecule has 0 spiro atoms. The number of nitrogens with one attached hydrogen (secondary N) is 4. The summed E-state index contributed by atoms with van der Waals surface area (Å²) in [5, 5.41) is 9.81. The average Bonchev–Trinajstić information content (AvgIpc) is 3.30. The highest BCUT2D eigenvalue weighted by molar-refractivity contribution is 6.35. The van der Waals surface area contributed by atoms with Gasteiger partial charge in [-0.2, -0.15) is 0 Å². The molecule has 1 aliphatic heterocycles. The van der Waals surface area contributed by atoms with Gasteiger partial charge in [-0.1, -0.05) is 13.8 Å². The lowest BCUT2D eigenvalue weighted by Gasteiger charge is -2.25. The second-order valence-corrected chi connectivity index (χ2v) is 9.44. The molecule has 0 aromatic carbocycles. The van der Waals surface area contributed by atoms with Gasteiger partial charge < -0.3 is 21.3 Å². The van der Waals surface area contributed by atoms with E-state index >= 15 is 0 Å². The van der Waals surface area contributed by atoms with Crippen LogP contribution in [0.5, 0.6) is 0 Å². The number of alkyl halides is 3. The van der Waals surface area contributed by atoms with Crippen molar-refractivity contribution in [2.24, 2.45) is 11.8 Å². The molecule has 10 nitrogen and oxygen atoms in total. The quantitative estimate of drug-likeness (QED) is 0.306. The van der Waals surface area contributed by atoms with Crippen molar-refractivity contribution in [3.63, 3.8) is 0 Å². The van der Waals surface area contributed by atoms with Gasteiger partial charge in [-0.05, 0) is 44.9 Å². The maximum atomic E-state index is 12.9. The van der Waals surface area contributed by atoms with Crippen LogP contribution in [0.1, 0.15) is 52.9 Å². The van der Waals surface area contributed by atoms with E-state index in [1.807, 2.05) is 0 Å². The van der Waals surface area contributed by atoms with Gasteiger partial charge in [0, 0.05) is 18.0 Å². The lowest BCUT2D eigenvalue weighted by atomic mass is 9.95. The fourth-order valence-corrected chi connectivity index (χ4v) is 3.52. The summed E-state index contributed by atoms with van der Waals surface area (Å²) in [6, 6.07) is -2.67. The topological polar surface area (TPSA) is 143 Å². The first-order valence-electron chi connectivity index (χ1n) is 11.1. The summed E-state index contributed by atoms with van der Waals surface area (Å²) >= 11 is 0. The van der Waals surface area contributed by atoms with Crippen LogP contribution in [0.15, 0.2) is 0 Å². The number of amides is 4. The highest BCUT2D eigenvalue weighted by atomic mass is 19.4. The second kappa shape index (κ2) is 11.2. The van der Waals surface area contributed by atoms with Crippen molar-refractivity contribution in [2.45, 2.75) is 76.9 Å². The predicted octanol–water partition coefficient (Wildman–Crippen LogP) is 0.303. The SMILES string of the molecule is CC(C)CC(NC(=O)C(=O)NC1(C)CC1)C(=O)NC(C[C@@H]1CCNC1=O)C(=O)COC(F)(F)F. The summed E-state index contributed by atoms with van der Waals surface area (Å²) < 4.78 is 40.8. The van der Waals surface area contributed by atoms with Crippen molar-refractivity contribution in [3.05, 3.63) is 0 Å². The molecule has 2 aliphatic rings. The van der Waals surface area contributed by atoms with Crippen molar-refractivity contribution in [1.29, 1.82) is 0 Å². The minimum absolute atomic E-state index is 0.103. The summed E-state index contributed by atoms with van der Waals surface area (Å²) in [5.74, 6) is -5.02. The van der Waals surface area contributed by atoms with Crippen LogP contribution in [-0.4, -0.2) is 66.5 Å². The van der Waals surface area contributed by atoms with Crippen LogP contribution in [0.3, 0.4) is 0 Å². The molecule has 0 aromatic heterocycles. The number of Topliss-reactive ketones (excluding diaryl/α,β-unsaturated/α-hetero) is 1. The van der Waals surface area contributed by atoms with Crippen LogP contribution in [-0.2, 0) is 28.7 Å². The fourth-order valence-electron chi connectivity index (χ4n) is 3.52. The Balaban J connectivity index is 2.09. The first-order chi connectivity index (χ1) is 15.7. The normalized spacial score (nSPS) is 20.8. The van der Waals surface area contributed by atoms with Crippen LogP contribution in [0.4, 0.5) is 13.2 Å². The van der Waals surface area contributed by atoms with Crippen LogP contribution < -0.4 is 21.3 Å². The monoisotopic (exact) mass is 492 g/mol. The zero-order valence-corrected chi connectivity index (χ0v) is 19.3. The van der Waals surface area contributed by atoms with Crippen LogP contribution >= 0.6 is 0 Å². The molecular formula is C21H31F3N4O6. The summed E-state index contributed by atoms with van der Waals surface area (Å²) in [4.78, 5) is 61.7. The molecule has 2 unspecified atom stereocenters. The first-order valence-corrected chi connectivity index (χ1v) is 11.1. The molecule has 3 atom stereocenters. The van der Waals surface area contributed by atoms with Crippen molar-refractivity contribution in [1.82, 2.24) is 21.3 Å². The number of hydrogen-bond donors (Lipinski definition) is 4. The average molecular weight is 492 g/mol. The molecule has 1 saturated heterocycles. The third-order valence-electron chi connectivity index (χ3n) is 5.72. The third-order valence-corrected chi connectivity index (χ3v) is 5.72. The number of ketones is 1. The lowest BCUT2D eigenvalue weighted by molar-refractivity contribution is -0.321. The van der Waals surface area contributed by atoms with Crippen molar-refractivity contribution >= 4 is 29.4 Å². The molecule has 2 rings (SSSR count). The molecule has 2 fully saturated rings. The van der Waals surface area contributed by atoms with Crippen LogP contribution in [0.2, 0.25) is 0 Å². The van der Waals surface area contributed by atoms with E-state index in [-0.39, 0.29) is 24.7 Å². The lowest BCUT2D eigenvalue weighted by Crippen LogP contribution is -2.56. The fraction of sp³-hybridized carbons (Fsp3) is 0.762. The van der Waals surface area contributed by atoms with E-state index in [0.717, 1.165) is 12.8 Å². The maximum Gasteiger partial charge on any atom is 0.522 e. The predicted molar refractivity (Wildman–Crippen MR) is 112 cm³/mol. The van der Waals surface area contributed by atoms with E-state index < -0.39 is 60.0 Å². The first kappa shape index (κ1) is 27.5. The molecule has 1 saturated carbocycles. The van der Waals surface area contributed by atoms with Crippen molar-refractivity contribution < 1.29 is 41.9 Å². The second-order valence-electron chi connectivity index (χ2n) is 9.44. The van der Waals surface area contributed by atoms with Gasteiger partial charge in [-0.15, -0.1) is 13.2 Å². The van der Waals surface area contributed by atoms with E-state index in [1.54, 1.807) is 20.8 Å². The smallest absolute Gasteiger partial charge is 0.356 e. The Morgan fingerprint density at radius 1 is 1.12 bits per heavy atom. The molecule has 4 amide bonds. The Morgan fingerprint density at radius 3 is 2.26 bits per heavy atom. The molecule has 0 bridgehead atoms. The maximum absolute atomic E-state index is 12.9. The minimum atomic E-state index is -5.05. The molecule has 1 heterocycles. The standard InChI is InChI=1S/C21H31F3N4O6/c1-11(2)8-14(27-18(32)19(33)28-20(3)5-6-20)17(31)26-13(9-12-4-7-25-16(12)30)15(29)10-34-21(22,23)24/h11-14H,4-10H2,1-3H3,(H,25,30)(H,26,31)(H,27,32)(H,28,33)/t12-,13?,14?/m0/s1. The molecule has 34 heavy (non-hydrogen) atoms. The number of carbonyl (C=O) groups is 5. The Morgan fingerprint density at radius 2 is 1.76 bits per heavy atom. The molecule has 0 aromatic rings. The molecule has 1 aliphatic carbocycles. The van der Waals surface area contributed by atoms with Gasteiger partial charge in [0.15, 0.2) is 5.78 Å². The minimum Gasteiger partial charge on any atom is -0.356 e. The molecule has 13 heteroatoms. The number of halogens is 3. The molecule has 4 N–H and O–H groups in total. The van der Waals surface area contributed by atoms with E-state index in [2.05, 4.69) is 26.0 Å². The van der Waals surface area contributed by atoms with E-state index in [1.165, 1.54) is 0 Å². The number of rotatable bonds is 11. The van der Waals surface area contributed by atoms with Gasteiger partial charge in [-0.3, -0.25) is 28.7 Å². The zero-order valence-electron chi connectivity index (χ0n) is 19.3. The van der Waals surface area contributed by atoms with Crippen LogP contribution in [0, 0.1) is 11.8 Å². The molecule has 192 valence electrons. The van der Waals surface area contributed by atoms with Crippen molar-refractivity contribution in [2.75, 3.05) is 13.2 Å². The largest absolute Gasteiger partial charge is 0.522 e. The third kappa shape index (κ3) is 8.92. The van der Waals surface area contributed by atoms with Gasteiger partial charge in [-0.25, -0.2) is 0 Å². The highest BCUT2D eigenvalue weighted by Crippen LogP contribution is 2.34. The van der Waals surface area contributed by atoms with E-state index in [9.17, 15) is 37.1 Å². The number of ether oxygens (including phenoxy) is 1. The van der Waals surface area contributed by atoms with Crippen molar-refractivity contribution in [3.8, 4) is 0 Å². The number of carbonyl (C=O) groups excluding carboxylic acids is 5. The summed E-state index contributed by atoms with van der Waals surface area (Å²) in [6.45, 7) is 4.30. The molecule has 0 radical (unpaired) electrons. The summed E-state index contributed by atoms with van der Waals surface area (Å²) in [7, 11) is 0. The summed E-state index contributed by atoms with van der Waals surface area (Å²) in [5.41, 5.74) is -0.456. The Bertz CT molecular complexity index is 813. The van der Waals surface area contributed by atoms with Gasteiger partial charge >= 0.3 is 18.2 Å². The zero-order chi connectivity index (χ0) is 25.7. The van der Waals surface area contributed by atoms with E-state index in [4.69, 9.17) is 0 Å². The Hall–Kier alpha value is -2.70. The Kier molecular flexibility index (Phi) is 9.03. The van der Waals surface area contributed by atoms with E-state index in [0.29, 0.717) is 13.0 Å². The highest BCUT2D eigenvalue weighted by Gasteiger charge is 2.41. The van der Waals surface area contributed by atoms with Gasteiger partial charge in [0.1, 0.15) is 12.6 Å². The summed E-state index contributed by atoms with van der Waals surface area (Å²) in [6.07, 6.45) is -3.37. The Labute approximate surface area is 195 Å². The van der Waals surface area contributed by atoms with Crippen LogP contribution in [0.25, 0.3) is 0 Å². The molecular weight excluding hydrogens is 461 g/mol. The van der Waals surface area contributed by atoms with Gasteiger partial charge in [0.05, 0.1) is 6.04 Å². The van der Waals surface area contributed by atoms with Gasteiger partial charge in [0.2, 0.25) is 11.8 Å². The van der Waals surface area contributed by atoms with Gasteiger partial charge in [0.25, 0.3) is 0 Å².